The van der Waals surface area contributed by atoms with Crippen molar-refractivity contribution in [3.63, 3.8) is 0 Å². The molecule has 0 aromatic carbocycles. The highest BCUT2D eigenvalue weighted by molar-refractivity contribution is 5.98. The van der Waals surface area contributed by atoms with E-state index in [-0.39, 0.29) is 17.9 Å². The topological polar surface area (TPSA) is 74.8 Å². The summed E-state index contributed by atoms with van der Waals surface area (Å²) in [5, 5.41) is 2.95. The van der Waals surface area contributed by atoms with Gasteiger partial charge in [-0.2, -0.15) is 0 Å². The van der Waals surface area contributed by atoms with Crippen LogP contribution < -0.4 is 10.2 Å². The molecule has 2 saturated heterocycles. The van der Waals surface area contributed by atoms with Crippen LogP contribution in [0.1, 0.15) is 42.5 Å². The highest BCUT2D eigenvalue weighted by Gasteiger charge is 2.32. The second-order valence-electron chi connectivity index (χ2n) is 7.19. The average molecular weight is 360 g/mol. The van der Waals surface area contributed by atoms with E-state index in [9.17, 15) is 9.59 Å². The number of hydrogen-bond donors (Lipinski definition) is 1. The smallest absolute Gasteiger partial charge is 0.255 e. The number of nitrogens with zero attached hydrogens (tertiary/aromatic N) is 3. The quantitative estimate of drug-likeness (QED) is 0.860. The summed E-state index contributed by atoms with van der Waals surface area (Å²) in [5.74, 6) is 0.612. The van der Waals surface area contributed by atoms with E-state index in [4.69, 9.17) is 4.74 Å². The molecular weight excluding hydrogens is 332 g/mol. The number of anilines is 1. The second-order valence-corrected chi connectivity index (χ2v) is 7.19. The highest BCUT2D eigenvalue weighted by atomic mass is 16.5. The van der Waals surface area contributed by atoms with Crippen molar-refractivity contribution in [3.05, 3.63) is 23.9 Å². The van der Waals surface area contributed by atoms with Crippen molar-refractivity contribution in [2.75, 3.05) is 38.6 Å². The molecule has 0 radical (unpaired) electrons. The monoisotopic (exact) mass is 360 g/mol. The van der Waals surface area contributed by atoms with Gasteiger partial charge in [0.2, 0.25) is 0 Å². The van der Waals surface area contributed by atoms with Gasteiger partial charge in [0.25, 0.3) is 11.8 Å². The minimum absolute atomic E-state index is 0.0153. The standard InChI is InChI=1S/C19H28N4O3/c1-22(2)19(25)16-9-8-14(26-16)13-21-18(24)15-7-6-10-20-17(15)23-11-4-3-5-12-23/h6-7,10,14,16H,3-5,8-9,11-13H2,1-2H3,(H,21,24). The molecule has 2 amide bonds. The number of piperidine rings is 1. The number of likely N-dealkylation sites (N-methyl/N-ethyl adjacent to an activating group) is 1. The largest absolute Gasteiger partial charge is 0.363 e. The first-order chi connectivity index (χ1) is 12.6. The lowest BCUT2D eigenvalue weighted by atomic mass is 10.1. The summed E-state index contributed by atoms with van der Waals surface area (Å²) >= 11 is 0. The van der Waals surface area contributed by atoms with Gasteiger partial charge in [-0.15, -0.1) is 0 Å². The van der Waals surface area contributed by atoms with E-state index in [1.165, 1.54) is 6.42 Å². The molecule has 3 rings (SSSR count). The molecule has 2 aliphatic rings. The molecule has 0 saturated carbocycles. The maximum Gasteiger partial charge on any atom is 0.255 e. The lowest BCUT2D eigenvalue weighted by Crippen LogP contribution is -2.37. The van der Waals surface area contributed by atoms with Crippen LogP contribution in [0.2, 0.25) is 0 Å². The predicted molar refractivity (Wildman–Crippen MR) is 99.2 cm³/mol. The molecule has 2 aliphatic heterocycles. The zero-order valence-corrected chi connectivity index (χ0v) is 15.6. The number of carbonyl (C=O) groups is 2. The Kier molecular flexibility index (Phi) is 6.08. The Labute approximate surface area is 154 Å². The van der Waals surface area contributed by atoms with E-state index in [0.29, 0.717) is 18.5 Å². The van der Waals surface area contributed by atoms with Crippen LogP contribution in [0, 0.1) is 0 Å². The molecule has 7 heteroatoms. The van der Waals surface area contributed by atoms with Gasteiger partial charge in [0.15, 0.2) is 0 Å². The summed E-state index contributed by atoms with van der Waals surface area (Å²) < 4.78 is 5.79. The fourth-order valence-electron chi connectivity index (χ4n) is 3.56. The van der Waals surface area contributed by atoms with Crippen molar-refractivity contribution in [3.8, 4) is 0 Å². The van der Waals surface area contributed by atoms with Crippen LogP contribution >= 0.6 is 0 Å². The van der Waals surface area contributed by atoms with Gasteiger partial charge in [-0.1, -0.05) is 0 Å². The van der Waals surface area contributed by atoms with E-state index in [2.05, 4.69) is 15.2 Å². The van der Waals surface area contributed by atoms with E-state index in [1.54, 1.807) is 31.3 Å². The van der Waals surface area contributed by atoms with E-state index in [0.717, 1.165) is 38.2 Å². The number of aromatic nitrogens is 1. The minimum Gasteiger partial charge on any atom is -0.363 e. The fourth-order valence-corrected chi connectivity index (χ4v) is 3.56. The molecule has 26 heavy (non-hydrogen) atoms. The Morgan fingerprint density at radius 3 is 2.77 bits per heavy atom. The number of hydrogen-bond acceptors (Lipinski definition) is 5. The SMILES string of the molecule is CN(C)C(=O)C1CCC(CNC(=O)c2cccnc2N2CCCCC2)O1. The van der Waals surface area contributed by atoms with Crippen LogP contribution in [0.15, 0.2) is 18.3 Å². The lowest BCUT2D eigenvalue weighted by Gasteiger charge is -2.29. The van der Waals surface area contributed by atoms with Crippen molar-refractivity contribution >= 4 is 17.6 Å². The van der Waals surface area contributed by atoms with Crippen molar-refractivity contribution in [1.29, 1.82) is 0 Å². The average Bonchev–Trinajstić information content (AvgIpc) is 3.15. The molecule has 3 heterocycles. The van der Waals surface area contributed by atoms with E-state index < -0.39 is 6.10 Å². The maximum atomic E-state index is 12.7. The Morgan fingerprint density at radius 2 is 2.04 bits per heavy atom. The number of ether oxygens (including phenoxy) is 1. The highest BCUT2D eigenvalue weighted by Crippen LogP contribution is 2.23. The van der Waals surface area contributed by atoms with Crippen molar-refractivity contribution < 1.29 is 14.3 Å². The van der Waals surface area contributed by atoms with Crippen LogP contribution in [-0.2, 0) is 9.53 Å². The Morgan fingerprint density at radius 1 is 1.27 bits per heavy atom. The van der Waals surface area contributed by atoms with Gasteiger partial charge < -0.3 is 19.9 Å². The van der Waals surface area contributed by atoms with Crippen LogP contribution in [-0.4, -0.2) is 67.6 Å². The van der Waals surface area contributed by atoms with Gasteiger partial charge in [-0.3, -0.25) is 9.59 Å². The van der Waals surface area contributed by atoms with Crippen LogP contribution in [0.25, 0.3) is 0 Å². The summed E-state index contributed by atoms with van der Waals surface area (Å²) in [7, 11) is 3.46. The summed E-state index contributed by atoms with van der Waals surface area (Å²) in [6.07, 6.45) is 6.19. The number of pyridine rings is 1. The van der Waals surface area contributed by atoms with Crippen LogP contribution in [0.3, 0.4) is 0 Å². The third kappa shape index (κ3) is 4.33. The lowest BCUT2D eigenvalue weighted by molar-refractivity contribution is -0.140. The van der Waals surface area contributed by atoms with Gasteiger partial charge in [0.1, 0.15) is 11.9 Å². The van der Waals surface area contributed by atoms with Gasteiger partial charge in [-0.05, 0) is 44.2 Å². The van der Waals surface area contributed by atoms with Crippen LogP contribution in [0.5, 0.6) is 0 Å². The number of carbonyl (C=O) groups excluding carboxylic acids is 2. The van der Waals surface area contributed by atoms with Gasteiger partial charge >= 0.3 is 0 Å². The molecule has 0 spiro atoms. The van der Waals surface area contributed by atoms with E-state index >= 15 is 0 Å². The molecule has 0 aliphatic carbocycles. The summed E-state index contributed by atoms with van der Waals surface area (Å²) in [6.45, 7) is 2.29. The molecule has 142 valence electrons. The molecule has 1 aromatic heterocycles. The zero-order chi connectivity index (χ0) is 18.5. The number of nitrogens with one attached hydrogen (secondary N) is 1. The first-order valence-corrected chi connectivity index (χ1v) is 9.41. The second kappa shape index (κ2) is 8.49. The van der Waals surface area contributed by atoms with Crippen molar-refractivity contribution in [2.45, 2.75) is 44.3 Å². The molecular formula is C19H28N4O3. The molecule has 2 unspecified atom stereocenters. The third-order valence-electron chi connectivity index (χ3n) is 5.00. The van der Waals surface area contributed by atoms with Crippen LogP contribution in [0.4, 0.5) is 5.82 Å². The normalized spacial score (nSPS) is 22.9. The number of amides is 2. The molecule has 2 atom stereocenters. The Bertz CT molecular complexity index is 643. The fraction of sp³-hybridized carbons (Fsp3) is 0.632. The minimum atomic E-state index is -0.394. The van der Waals surface area contributed by atoms with Gasteiger partial charge in [0, 0.05) is 39.9 Å². The molecule has 1 aromatic rings. The van der Waals surface area contributed by atoms with Crippen molar-refractivity contribution in [1.82, 2.24) is 15.2 Å². The zero-order valence-electron chi connectivity index (χ0n) is 15.6. The summed E-state index contributed by atoms with van der Waals surface area (Å²) in [4.78, 5) is 32.8. The first-order valence-electron chi connectivity index (χ1n) is 9.41. The van der Waals surface area contributed by atoms with E-state index in [1.807, 2.05) is 6.07 Å². The third-order valence-corrected chi connectivity index (χ3v) is 5.00. The number of rotatable bonds is 5. The van der Waals surface area contributed by atoms with Crippen molar-refractivity contribution in [2.24, 2.45) is 0 Å². The summed E-state index contributed by atoms with van der Waals surface area (Å²) in [6, 6.07) is 3.61. The Balaban J connectivity index is 1.57. The molecule has 7 nitrogen and oxygen atoms in total. The molecule has 0 bridgehead atoms. The van der Waals surface area contributed by atoms with Gasteiger partial charge in [-0.25, -0.2) is 4.98 Å². The van der Waals surface area contributed by atoms with Gasteiger partial charge in [0.05, 0.1) is 11.7 Å². The Hall–Kier alpha value is -2.15. The predicted octanol–water partition coefficient (Wildman–Crippen LogP) is 1.44. The summed E-state index contributed by atoms with van der Waals surface area (Å²) in [5.41, 5.74) is 0.605. The molecule has 1 N–H and O–H groups in total. The maximum absolute atomic E-state index is 12.7. The first kappa shape index (κ1) is 18.6. The molecule has 2 fully saturated rings.